The second-order valence-electron chi connectivity index (χ2n) is 6.36. The molecule has 1 saturated heterocycles. The third kappa shape index (κ3) is 2.72. The van der Waals surface area contributed by atoms with E-state index in [2.05, 4.69) is 17.1 Å². The smallest absolute Gasteiger partial charge is 0.127 e. The maximum Gasteiger partial charge on any atom is 0.127 e. The van der Waals surface area contributed by atoms with Crippen molar-refractivity contribution < 1.29 is 8.78 Å². The lowest BCUT2D eigenvalue weighted by molar-refractivity contribution is 0.0816. The van der Waals surface area contributed by atoms with E-state index in [9.17, 15) is 8.78 Å². The Labute approximate surface area is 119 Å². The molecule has 1 aliphatic heterocycles. The first-order valence-corrected chi connectivity index (χ1v) is 7.51. The summed E-state index contributed by atoms with van der Waals surface area (Å²) in [7, 11) is 0. The highest BCUT2D eigenvalue weighted by molar-refractivity contribution is 5.19. The Morgan fingerprint density at radius 2 is 2.05 bits per heavy atom. The molecule has 1 aromatic carbocycles. The molecule has 20 heavy (non-hydrogen) atoms. The van der Waals surface area contributed by atoms with Crippen molar-refractivity contribution in [3.63, 3.8) is 0 Å². The molecule has 1 spiro atoms. The van der Waals surface area contributed by atoms with Gasteiger partial charge in [0.2, 0.25) is 0 Å². The molecule has 1 saturated carbocycles. The summed E-state index contributed by atoms with van der Waals surface area (Å²) >= 11 is 0. The molecule has 0 aromatic heterocycles. The molecule has 1 atom stereocenters. The van der Waals surface area contributed by atoms with Gasteiger partial charge in [-0.2, -0.15) is 0 Å². The minimum Gasteiger partial charge on any atom is -0.308 e. The van der Waals surface area contributed by atoms with Crippen molar-refractivity contribution in [1.29, 1.82) is 0 Å². The van der Waals surface area contributed by atoms with Crippen molar-refractivity contribution >= 4 is 0 Å². The number of benzene rings is 1. The Bertz CT molecular complexity index is 483. The number of nitrogens with one attached hydrogen (secondary N) is 1. The summed E-state index contributed by atoms with van der Waals surface area (Å²) in [4.78, 5) is 2.29. The van der Waals surface area contributed by atoms with Gasteiger partial charge in [-0.05, 0) is 38.0 Å². The van der Waals surface area contributed by atoms with Crippen LogP contribution in [0, 0.1) is 11.6 Å². The summed E-state index contributed by atoms with van der Waals surface area (Å²) in [5, 5.41) is 3.68. The fourth-order valence-electron chi connectivity index (χ4n) is 3.58. The molecule has 1 unspecified atom stereocenters. The van der Waals surface area contributed by atoms with Crippen LogP contribution in [-0.2, 0) is 6.54 Å². The molecule has 1 aromatic rings. The Morgan fingerprint density at radius 3 is 2.80 bits per heavy atom. The average molecular weight is 280 g/mol. The quantitative estimate of drug-likeness (QED) is 0.895. The Balaban J connectivity index is 1.76. The zero-order valence-corrected chi connectivity index (χ0v) is 12.0. The largest absolute Gasteiger partial charge is 0.308 e. The average Bonchev–Trinajstić information content (AvgIpc) is 2.87. The highest BCUT2D eigenvalue weighted by atomic mass is 19.1. The van der Waals surface area contributed by atoms with Gasteiger partial charge in [-0.1, -0.05) is 12.8 Å². The van der Waals surface area contributed by atoms with Gasteiger partial charge in [0.15, 0.2) is 0 Å². The van der Waals surface area contributed by atoms with Crippen LogP contribution in [0.3, 0.4) is 0 Å². The van der Waals surface area contributed by atoms with Gasteiger partial charge in [0, 0.05) is 36.8 Å². The predicted octanol–water partition coefficient (Wildman–Crippen LogP) is 3.07. The summed E-state index contributed by atoms with van der Waals surface area (Å²) in [6.45, 7) is 4.50. The van der Waals surface area contributed by atoms with Crippen molar-refractivity contribution in [1.82, 2.24) is 10.2 Å². The van der Waals surface area contributed by atoms with Crippen LogP contribution >= 0.6 is 0 Å². The molecule has 2 nitrogen and oxygen atoms in total. The van der Waals surface area contributed by atoms with E-state index in [1.807, 2.05) is 0 Å². The van der Waals surface area contributed by atoms with Crippen LogP contribution in [0.4, 0.5) is 8.78 Å². The Kier molecular flexibility index (Phi) is 3.78. The first-order valence-electron chi connectivity index (χ1n) is 7.51. The SMILES string of the molecule is CC1CNC2(CCCC2)CN1Cc1cc(F)ccc1F. The van der Waals surface area contributed by atoms with E-state index in [1.54, 1.807) is 0 Å². The number of rotatable bonds is 2. The van der Waals surface area contributed by atoms with Gasteiger partial charge in [0.1, 0.15) is 11.6 Å². The van der Waals surface area contributed by atoms with Gasteiger partial charge >= 0.3 is 0 Å². The van der Waals surface area contributed by atoms with Crippen molar-refractivity contribution in [2.75, 3.05) is 13.1 Å². The van der Waals surface area contributed by atoms with Gasteiger partial charge in [0.25, 0.3) is 0 Å². The molecular formula is C16H22F2N2. The third-order valence-corrected chi connectivity index (χ3v) is 4.84. The minimum atomic E-state index is -0.361. The van der Waals surface area contributed by atoms with E-state index in [-0.39, 0.29) is 17.2 Å². The van der Waals surface area contributed by atoms with Gasteiger partial charge < -0.3 is 5.32 Å². The van der Waals surface area contributed by atoms with Crippen LogP contribution in [0.1, 0.15) is 38.2 Å². The van der Waals surface area contributed by atoms with E-state index in [4.69, 9.17) is 0 Å². The molecule has 2 aliphatic rings. The molecule has 1 heterocycles. The van der Waals surface area contributed by atoms with Crippen LogP contribution in [0.15, 0.2) is 18.2 Å². The van der Waals surface area contributed by atoms with Gasteiger partial charge in [-0.3, -0.25) is 4.90 Å². The molecule has 3 rings (SSSR count). The Morgan fingerprint density at radius 1 is 1.30 bits per heavy atom. The molecular weight excluding hydrogens is 258 g/mol. The van der Waals surface area contributed by atoms with Gasteiger partial charge in [-0.25, -0.2) is 8.78 Å². The molecule has 1 N–H and O–H groups in total. The first kappa shape index (κ1) is 14.0. The predicted molar refractivity (Wildman–Crippen MR) is 75.4 cm³/mol. The van der Waals surface area contributed by atoms with Crippen LogP contribution in [0.2, 0.25) is 0 Å². The fraction of sp³-hybridized carbons (Fsp3) is 0.625. The molecule has 1 aliphatic carbocycles. The maximum absolute atomic E-state index is 13.8. The second-order valence-corrected chi connectivity index (χ2v) is 6.36. The highest BCUT2D eigenvalue weighted by Gasteiger charge is 2.39. The van der Waals surface area contributed by atoms with Crippen molar-refractivity contribution in [3.05, 3.63) is 35.4 Å². The lowest BCUT2D eigenvalue weighted by atomic mass is 9.92. The number of halogens is 2. The molecule has 0 radical (unpaired) electrons. The molecule has 0 bridgehead atoms. The minimum absolute atomic E-state index is 0.205. The number of hydrogen-bond donors (Lipinski definition) is 1. The van der Waals surface area contributed by atoms with E-state index >= 15 is 0 Å². The summed E-state index contributed by atoms with van der Waals surface area (Å²) in [5.41, 5.74) is 0.669. The normalized spacial score (nSPS) is 26.2. The van der Waals surface area contributed by atoms with Crippen LogP contribution < -0.4 is 5.32 Å². The van der Waals surface area contributed by atoms with Gasteiger partial charge in [0.05, 0.1) is 0 Å². The van der Waals surface area contributed by atoms with Crippen LogP contribution in [-0.4, -0.2) is 29.6 Å². The van der Waals surface area contributed by atoms with E-state index < -0.39 is 0 Å². The topological polar surface area (TPSA) is 15.3 Å². The van der Waals surface area contributed by atoms with Crippen molar-refractivity contribution in [2.45, 2.75) is 50.7 Å². The van der Waals surface area contributed by atoms with Crippen LogP contribution in [0.25, 0.3) is 0 Å². The molecule has 110 valence electrons. The van der Waals surface area contributed by atoms with Crippen molar-refractivity contribution in [2.24, 2.45) is 0 Å². The summed E-state index contributed by atoms with van der Waals surface area (Å²) in [6.07, 6.45) is 4.93. The second kappa shape index (κ2) is 5.41. The molecule has 2 fully saturated rings. The van der Waals surface area contributed by atoms with E-state index in [1.165, 1.54) is 43.9 Å². The lowest BCUT2D eigenvalue weighted by Crippen LogP contribution is -2.62. The van der Waals surface area contributed by atoms with Crippen LogP contribution in [0.5, 0.6) is 0 Å². The summed E-state index contributed by atoms with van der Waals surface area (Å²) < 4.78 is 27.1. The zero-order valence-electron chi connectivity index (χ0n) is 12.0. The fourth-order valence-corrected chi connectivity index (χ4v) is 3.58. The highest BCUT2D eigenvalue weighted by Crippen LogP contribution is 2.33. The number of piperazine rings is 1. The lowest BCUT2D eigenvalue weighted by Gasteiger charge is -2.45. The zero-order chi connectivity index (χ0) is 14.2. The van der Waals surface area contributed by atoms with E-state index in [0.717, 1.165) is 13.1 Å². The Hall–Kier alpha value is -1.00. The monoisotopic (exact) mass is 280 g/mol. The summed E-state index contributed by atoms with van der Waals surface area (Å²) in [5.74, 6) is -0.669. The van der Waals surface area contributed by atoms with Gasteiger partial charge in [-0.15, -0.1) is 0 Å². The number of hydrogen-bond acceptors (Lipinski definition) is 2. The third-order valence-electron chi connectivity index (χ3n) is 4.84. The summed E-state index contributed by atoms with van der Waals surface area (Å²) in [6, 6.07) is 4.08. The van der Waals surface area contributed by atoms with E-state index in [0.29, 0.717) is 18.2 Å². The standard InChI is InChI=1S/C16H22F2N2/c1-12-9-19-16(6-2-3-7-16)11-20(12)10-13-8-14(17)4-5-15(13)18/h4-5,8,12,19H,2-3,6-7,9-11H2,1H3. The number of nitrogens with zero attached hydrogens (tertiary/aromatic N) is 1. The molecule has 0 amide bonds. The van der Waals surface area contributed by atoms with Crippen molar-refractivity contribution in [3.8, 4) is 0 Å². The first-order chi connectivity index (χ1) is 9.58. The maximum atomic E-state index is 13.8. The molecule has 4 heteroatoms.